The lowest BCUT2D eigenvalue weighted by Crippen LogP contribution is -2.09. The summed E-state index contributed by atoms with van der Waals surface area (Å²) in [6.45, 7) is 0. The summed E-state index contributed by atoms with van der Waals surface area (Å²) < 4.78 is 10.2. The molecule has 0 saturated heterocycles. The minimum absolute atomic E-state index is 0.233. The molecule has 0 unspecified atom stereocenters. The Balaban J connectivity index is 1.59. The topological polar surface area (TPSA) is 68.5 Å². The summed E-state index contributed by atoms with van der Waals surface area (Å²) in [5, 5.41) is 3.27. The van der Waals surface area contributed by atoms with Crippen LogP contribution in [0.1, 0.15) is 26.0 Å². The highest BCUT2D eigenvalue weighted by Gasteiger charge is 2.15. The number of carbonyl (C=O) groups is 2. The minimum Gasteiger partial charge on any atom is -0.465 e. The zero-order valence-corrected chi connectivity index (χ0v) is 15.0. The van der Waals surface area contributed by atoms with E-state index in [2.05, 4.69) is 10.1 Å². The van der Waals surface area contributed by atoms with E-state index in [-0.39, 0.29) is 11.7 Å². The molecule has 0 radical (unpaired) electrons. The smallest absolute Gasteiger partial charge is 0.348 e. The van der Waals surface area contributed by atoms with Crippen molar-refractivity contribution in [3.8, 4) is 0 Å². The van der Waals surface area contributed by atoms with Crippen LogP contribution in [0.15, 0.2) is 63.9 Å². The summed E-state index contributed by atoms with van der Waals surface area (Å²) in [6.07, 6.45) is 0. The van der Waals surface area contributed by atoms with Gasteiger partial charge in [-0.1, -0.05) is 18.2 Å². The van der Waals surface area contributed by atoms with Gasteiger partial charge in [-0.3, -0.25) is 4.79 Å². The van der Waals surface area contributed by atoms with Crippen LogP contribution < -0.4 is 5.32 Å². The van der Waals surface area contributed by atoms with Gasteiger partial charge in [0.1, 0.15) is 10.6 Å². The number of nitrogens with one attached hydrogen (secondary N) is 1. The van der Waals surface area contributed by atoms with Crippen LogP contribution in [0.2, 0.25) is 0 Å². The normalized spacial score (nSPS) is 10.4. The van der Waals surface area contributed by atoms with Crippen LogP contribution in [0.25, 0.3) is 0 Å². The Hall–Kier alpha value is -2.51. The number of hydrogen-bond donors (Lipinski definition) is 1. The van der Waals surface area contributed by atoms with Gasteiger partial charge in [0.25, 0.3) is 5.91 Å². The highest BCUT2D eigenvalue weighted by Crippen LogP contribution is 2.25. The fourth-order valence-corrected chi connectivity index (χ4v) is 3.67. The fourth-order valence-electron chi connectivity index (χ4n) is 2.04. The third-order valence-electron chi connectivity index (χ3n) is 3.24. The number of esters is 1. The third-order valence-corrected chi connectivity index (χ3v) is 5.25. The predicted octanol–water partition coefficient (Wildman–Crippen LogP) is 4.67. The molecule has 25 heavy (non-hydrogen) atoms. The number of hydrogen-bond acceptors (Lipinski definition) is 6. The number of amides is 1. The highest BCUT2D eigenvalue weighted by molar-refractivity contribution is 7.98. The summed E-state index contributed by atoms with van der Waals surface area (Å²) >= 11 is 2.79. The quantitative estimate of drug-likeness (QED) is 0.502. The average molecular weight is 373 g/mol. The van der Waals surface area contributed by atoms with Crippen molar-refractivity contribution in [1.29, 1.82) is 0 Å². The van der Waals surface area contributed by atoms with Crippen LogP contribution in [0, 0.1) is 0 Å². The number of ether oxygens (including phenoxy) is 1. The largest absolute Gasteiger partial charge is 0.465 e. The molecule has 2 heterocycles. The molecule has 0 saturated carbocycles. The van der Waals surface area contributed by atoms with Gasteiger partial charge in [-0.2, -0.15) is 0 Å². The molecule has 1 aromatic carbocycles. The highest BCUT2D eigenvalue weighted by atomic mass is 32.2. The van der Waals surface area contributed by atoms with E-state index >= 15 is 0 Å². The molecule has 5 nitrogen and oxygen atoms in total. The Labute approximate surface area is 153 Å². The molecule has 0 bridgehead atoms. The maximum Gasteiger partial charge on any atom is 0.348 e. The van der Waals surface area contributed by atoms with E-state index in [9.17, 15) is 9.59 Å². The van der Waals surface area contributed by atoms with Crippen molar-refractivity contribution >= 4 is 40.0 Å². The number of furan rings is 1. The fraction of sp³-hybridized carbons (Fsp3) is 0.111. The molecule has 0 fully saturated rings. The molecule has 0 aliphatic rings. The van der Waals surface area contributed by atoms with E-state index in [1.165, 1.54) is 7.11 Å². The molecule has 1 N–H and O–H groups in total. The number of methoxy groups -OCH3 is 1. The number of anilines is 1. The first kappa shape index (κ1) is 17.3. The van der Waals surface area contributed by atoms with Gasteiger partial charge >= 0.3 is 5.97 Å². The Morgan fingerprint density at radius 2 is 1.92 bits per heavy atom. The van der Waals surface area contributed by atoms with Crippen molar-refractivity contribution in [3.05, 3.63) is 71.0 Å². The van der Waals surface area contributed by atoms with E-state index in [4.69, 9.17) is 4.42 Å². The summed E-state index contributed by atoms with van der Waals surface area (Å²) in [7, 11) is 1.32. The molecule has 1 amide bonds. The average Bonchev–Trinajstić information content (AvgIpc) is 3.30. The lowest BCUT2D eigenvalue weighted by Gasteiger charge is -2.00. The molecule has 128 valence electrons. The summed E-state index contributed by atoms with van der Waals surface area (Å²) in [5.41, 5.74) is 0. The second kappa shape index (κ2) is 8.04. The van der Waals surface area contributed by atoms with Crippen molar-refractivity contribution < 1.29 is 18.7 Å². The van der Waals surface area contributed by atoms with Crippen LogP contribution in [-0.4, -0.2) is 19.0 Å². The van der Waals surface area contributed by atoms with E-state index in [1.807, 2.05) is 30.3 Å². The minimum atomic E-state index is -0.427. The Bertz CT molecular complexity index is 870. The molecular formula is C18H15NO4S2. The van der Waals surface area contributed by atoms with Crippen LogP contribution in [0.3, 0.4) is 0 Å². The number of rotatable bonds is 6. The lowest BCUT2D eigenvalue weighted by atomic mass is 10.4. The van der Waals surface area contributed by atoms with Crippen LogP contribution >= 0.6 is 23.1 Å². The summed E-state index contributed by atoms with van der Waals surface area (Å²) in [4.78, 5) is 25.2. The zero-order valence-electron chi connectivity index (χ0n) is 13.4. The third kappa shape index (κ3) is 4.52. The number of benzene rings is 1. The predicted molar refractivity (Wildman–Crippen MR) is 98.3 cm³/mol. The van der Waals surface area contributed by atoms with Crippen molar-refractivity contribution in [1.82, 2.24) is 0 Å². The molecule has 2 aromatic heterocycles. The van der Waals surface area contributed by atoms with Gasteiger partial charge in [-0.25, -0.2) is 4.79 Å². The van der Waals surface area contributed by atoms with Gasteiger partial charge in [-0.05, 0) is 36.4 Å². The molecule has 0 spiro atoms. The second-order valence-corrected chi connectivity index (χ2v) is 7.11. The summed E-state index contributed by atoms with van der Waals surface area (Å²) in [5.74, 6) is 0.818. The molecule has 7 heteroatoms. The Kier molecular flexibility index (Phi) is 5.57. The van der Waals surface area contributed by atoms with Crippen molar-refractivity contribution in [2.24, 2.45) is 0 Å². The number of thiophene rings is 1. The van der Waals surface area contributed by atoms with Gasteiger partial charge in [0.05, 0.1) is 17.9 Å². The maximum atomic E-state index is 12.2. The zero-order chi connectivity index (χ0) is 17.6. The molecule has 3 rings (SSSR count). The lowest BCUT2D eigenvalue weighted by molar-refractivity contribution is 0.0606. The Morgan fingerprint density at radius 3 is 2.68 bits per heavy atom. The monoisotopic (exact) mass is 373 g/mol. The molecule has 0 aliphatic heterocycles. The van der Waals surface area contributed by atoms with E-state index in [0.29, 0.717) is 15.6 Å². The first-order valence-corrected chi connectivity index (χ1v) is 9.22. The molecule has 0 aliphatic carbocycles. The van der Waals surface area contributed by atoms with Gasteiger partial charge in [0.2, 0.25) is 0 Å². The SMILES string of the molecule is COC(=O)c1ccc(NC(=O)c2ccc(CSc3ccccc3)o2)s1. The standard InChI is InChI=1S/C18H15NO4S2/c1-22-18(21)15-9-10-16(25-15)19-17(20)14-8-7-12(23-14)11-24-13-5-3-2-4-6-13/h2-10H,11H2,1H3,(H,19,20). The molecule has 3 aromatic rings. The van der Waals surface area contributed by atoms with Crippen molar-refractivity contribution in [2.45, 2.75) is 10.6 Å². The van der Waals surface area contributed by atoms with E-state index < -0.39 is 5.97 Å². The van der Waals surface area contributed by atoms with Crippen LogP contribution in [-0.2, 0) is 10.5 Å². The van der Waals surface area contributed by atoms with Crippen LogP contribution in [0.4, 0.5) is 5.00 Å². The van der Waals surface area contributed by atoms with E-state index in [1.54, 1.807) is 36.0 Å². The van der Waals surface area contributed by atoms with Crippen molar-refractivity contribution in [3.63, 3.8) is 0 Å². The molecule has 0 atom stereocenters. The van der Waals surface area contributed by atoms with Gasteiger partial charge < -0.3 is 14.5 Å². The first-order valence-electron chi connectivity index (χ1n) is 7.42. The number of carbonyl (C=O) groups excluding carboxylic acids is 2. The Morgan fingerprint density at radius 1 is 1.12 bits per heavy atom. The van der Waals surface area contributed by atoms with E-state index in [0.717, 1.165) is 22.0 Å². The van der Waals surface area contributed by atoms with Crippen molar-refractivity contribution in [2.75, 3.05) is 12.4 Å². The molecular weight excluding hydrogens is 358 g/mol. The number of thioether (sulfide) groups is 1. The van der Waals surface area contributed by atoms with Gasteiger partial charge in [0, 0.05) is 4.90 Å². The summed E-state index contributed by atoms with van der Waals surface area (Å²) in [6, 6.07) is 16.7. The second-order valence-electron chi connectivity index (χ2n) is 4.98. The van der Waals surface area contributed by atoms with Gasteiger partial charge in [-0.15, -0.1) is 23.1 Å². The van der Waals surface area contributed by atoms with Gasteiger partial charge in [0.15, 0.2) is 5.76 Å². The van der Waals surface area contributed by atoms with Crippen LogP contribution in [0.5, 0.6) is 0 Å². The maximum absolute atomic E-state index is 12.2. The first-order chi connectivity index (χ1) is 12.2.